The Balaban J connectivity index is 1.95. The van der Waals surface area contributed by atoms with Crippen molar-refractivity contribution in [2.24, 2.45) is 5.73 Å². The van der Waals surface area contributed by atoms with Crippen molar-refractivity contribution in [2.45, 2.75) is 26.5 Å². The number of nitrogens with two attached hydrogens (primary N) is 1. The summed E-state index contributed by atoms with van der Waals surface area (Å²) in [6.07, 6.45) is -0.569. The first-order chi connectivity index (χ1) is 10.1. The molecule has 4 nitrogen and oxygen atoms in total. The quantitative estimate of drug-likeness (QED) is 0.887. The lowest BCUT2D eigenvalue weighted by Crippen LogP contribution is -2.30. The Morgan fingerprint density at radius 2 is 1.95 bits per heavy atom. The number of anilines is 1. The fraction of sp³-hybridized carbons (Fsp3) is 0.235. The Labute approximate surface area is 124 Å². The predicted molar refractivity (Wildman–Crippen MR) is 84.2 cm³/mol. The molecule has 3 N–H and O–H groups in total. The van der Waals surface area contributed by atoms with E-state index in [-0.39, 0.29) is 5.91 Å². The second-order valence-corrected chi connectivity index (χ2v) is 4.97. The Morgan fingerprint density at radius 3 is 2.57 bits per heavy atom. The molecule has 110 valence electrons. The molecule has 0 aliphatic rings. The molecule has 0 aliphatic carbocycles. The van der Waals surface area contributed by atoms with Gasteiger partial charge in [-0.05, 0) is 49.2 Å². The number of hydrogen-bond donors (Lipinski definition) is 2. The second kappa shape index (κ2) is 6.90. The Kier molecular flexibility index (Phi) is 4.95. The summed E-state index contributed by atoms with van der Waals surface area (Å²) in [6, 6.07) is 15.1. The van der Waals surface area contributed by atoms with Crippen LogP contribution in [0.2, 0.25) is 0 Å². The van der Waals surface area contributed by atoms with Gasteiger partial charge in [0.2, 0.25) is 0 Å². The van der Waals surface area contributed by atoms with E-state index in [0.717, 1.165) is 16.8 Å². The van der Waals surface area contributed by atoms with Crippen LogP contribution in [0, 0.1) is 6.92 Å². The maximum Gasteiger partial charge on any atom is 0.265 e. The van der Waals surface area contributed by atoms with Crippen molar-refractivity contribution in [2.75, 3.05) is 5.32 Å². The molecule has 0 radical (unpaired) electrons. The highest BCUT2D eigenvalue weighted by Gasteiger charge is 2.14. The van der Waals surface area contributed by atoms with Gasteiger partial charge in [-0.25, -0.2) is 0 Å². The van der Waals surface area contributed by atoms with E-state index in [1.165, 1.54) is 0 Å². The summed E-state index contributed by atoms with van der Waals surface area (Å²) in [5.74, 6) is 0.508. The lowest BCUT2D eigenvalue weighted by Gasteiger charge is -2.15. The molecular weight excluding hydrogens is 264 g/mol. The minimum absolute atomic E-state index is 0.183. The first-order valence-electron chi connectivity index (χ1n) is 6.91. The zero-order valence-corrected chi connectivity index (χ0v) is 12.3. The van der Waals surface area contributed by atoms with Gasteiger partial charge in [0.25, 0.3) is 5.91 Å². The number of carbonyl (C=O) groups is 1. The molecule has 0 bridgehead atoms. The predicted octanol–water partition coefficient (Wildman–Crippen LogP) is 2.86. The van der Waals surface area contributed by atoms with Crippen LogP contribution in [-0.2, 0) is 11.3 Å². The zero-order chi connectivity index (χ0) is 15.2. The van der Waals surface area contributed by atoms with Gasteiger partial charge in [0.1, 0.15) is 5.75 Å². The summed E-state index contributed by atoms with van der Waals surface area (Å²) in [5, 5.41) is 2.82. The van der Waals surface area contributed by atoms with Gasteiger partial charge in [0, 0.05) is 12.2 Å². The van der Waals surface area contributed by atoms with Gasteiger partial charge in [-0.15, -0.1) is 0 Å². The molecule has 2 aromatic rings. The molecule has 2 aromatic carbocycles. The van der Waals surface area contributed by atoms with Gasteiger partial charge in [0.05, 0.1) is 0 Å². The standard InChI is InChI=1S/C17H20N2O2/c1-12-4-3-5-16(10-12)21-13(2)17(20)19-15-8-6-14(11-18)7-9-15/h3-10,13H,11,18H2,1-2H3,(H,19,20). The van der Waals surface area contributed by atoms with Crippen LogP contribution in [0.1, 0.15) is 18.1 Å². The molecule has 21 heavy (non-hydrogen) atoms. The molecule has 0 aliphatic heterocycles. The highest BCUT2D eigenvalue weighted by atomic mass is 16.5. The second-order valence-electron chi connectivity index (χ2n) is 4.97. The van der Waals surface area contributed by atoms with Crippen molar-refractivity contribution < 1.29 is 9.53 Å². The minimum atomic E-state index is -0.569. The van der Waals surface area contributed by atoms with E-state index in [1.54, 1.807) is 6.92 Å². The average Bonchev–Trinajstić information content (AvgIpc) is 2.48. The van der Waals surface area contributed by atoms with Crippen molar-refractivity contribution in [3.63, 3.8) is 0 Å². The molecule has 0 fully saturated rings. The third-order valence-electron chi connectivity index (χ3n) is 3.13. The van der Waals surface area contributed by atoms with Gasteiger partial charge in [-0.1, -0.05) is 24.3 Å². The summed E-state index contributed by atoms with van der Waals surface area (Å²) in [5.41, 5.74) is 8.39. The molecule has 0 spiro atoms. The normalized spacial score (nSPS) is 11.8. The molecule has 1 unspecified atom stereocenters. The molecule has 0 saturated heterocycles. The first kappa shape index (κ1) is 15.1. The number of ether oxygens (including phenoxy) is 1. The molecule has 0 aromatic heterocycles. The summed E-state index contributed by atoms with van der Waals surface area (Å²) in [7, 11) is 0. The van der Waals surface area contributed by atoms with E-state index in [1.807, 2.05) is 55.5 Å². The number of nitrogens with one attached hydrogen (secondary N) is 1. The van der Waals surface area contributed by atoms with Crippen LogP contribution in [0.25, 0.3) is 0 Å². The fourth-order valence-corrected chi connectivity index (χ4v) is 1.91. The van der Waals surface area contributed by atoms with Crippen LogP contribution in [0.3, 0.4) is 0 Å². The van der Waals surface area contributed by atoms with Gasteiger partial charge in [0.15, 0.2) is 6.10 Å². The molecule has 0 heterocycles. The van der Waals surface area contributed by atoms with Crippen LogP contribution in [0.4, 0.5) is 5.69 Å². The van der Waals surface area contributed by atoms with Crippen molar-refractivity contribution >= 4 is 11.6 Å². The molecule has 1 atom stereocenters. The van der Waals surface area contributed by atoms with E-state index >= 15 is 0 Å². The molecule has 0 saturated carbocycles. The van der Waals surface area contributed by atoms with E-state index in [4.69, 9.17) is 10.5 Å². The van der Waals surface area contributed by atoms with Gasteiger partial charge in [-0.3, -0.25) is 4.79 Å². The largest absolute Gasteiger partial charge is 0.481 e. The van der Waals surface area contributed by atoms with E-state index in [9.17, 15) is 4.79 Å². The van der Waals surface area contributed by atoms with E-state index in [0.29, 0.717) is 12.3 Å². The minimum Gasteiger partial charge on any atom is -0.481 e. The van der Waals surface area contributed by atoms with Gasteiger partial charge >= 0.3 is 0 Å². The SMILES string of the molecule is Cc1cccc(OC(C)C(=O)Nc2ccc(CN)cc2)c1. The van der Waals surface area contributed by atoms with Gasteiger partial charge < -0.3 is 15.8 Å². The zero-order valence-electron chi connectivity index (χ0n) is 12.3. The molecule has 2 rings (SSSR count). The lowest BCUT2D eigenvalue weighted by molar-refractivity contribution is -0.122. The summed E-state index contributed by atoms with van der Waals surface area (Å²) < 4.78 is 5.64. The van der Waals surface area contributed by atoms with Crippen molar-refractivity contribution in [1.82, 2.24) is 0 Å². The number of rotatable bonds is 5. The average molecular weight is 284 g/mol. The Hall–Kier alpha value is -2.33. The van der Waals surface area contributed by atoms with E-state index in [2.05, 4.69) is 5.32 Å². The van der Waals surface area contributed by atoms with Crippen LogP contribution in [-0.4, -0.2) is 12.0 Å². The summed E-state index contributed by atoms with van der Waals surface area (Å²) in [6.45, 7) is 4.20. The number of aryl methyl sites for hydroxylation is 1. The van der Waals surface area contributed by atoms with Crippen LogP contribution in [0.15, 0.2) is 48.5 Å². The Bertz CT molecular complexity index is 608. The lowest BCUT2D eigenvalue weighted by atomic mass is 10.2. The third-order valence-corrected chi connectivity index (χ3v) is 3.13. The Morgan fingerprint density at radius 1 is 1.24 bits per heavy atom. The molecular formula is C17H20N2O2. The smallest absolute Gasteiger partial charge is 0.265 e. The van der Waals surface area contributed by atoms with Crippen LogP contribution < -0.4 is 15.8 Å². The molecule has 1 amide bonds. The van der Waals surface area contributed by atoms with Crippen molar-refractivity contribution in [3.8, 4) is 5.75 Å². The fourth-order valence-electron chi connectivity index (χ4n) is 1.91. The number of hydrogen-bond acceptors (Lipinski definition) is 3. The third kappa shape index (κ3) is 4.33. The maximum atomic E-state index is 12.1. The first-order valence-corrected chi connectivity index (χ1v) is 6.91. The number of carbonyl (C=O) groups excluding carboxylic acids is 1. The monoisotopic (exact) mass is 284 g/mol. The number of benzene rings is 2. The van der Waals surface area contributed by atoms with Gasteiger partial charge in [-0.2, -0.15) is 0 Å². The molecule has 4 heteroatoms. The summed E-state index contributed by atoms with van der Waals surface area (Å²) >= 11 is 0. The number of amides is 1. The highest BCUT2D eigenvalue weighted by Crippen LogP contribution is 2.15. The highest BCUT2D eigenvalue weighted by molar-refractivity contribution is 5.94. The summed E-state index contributed by atoms with van der Waals surface area (Å²) in [4.78, 5) is 12.1. The van der Waals surface area contributed by atoms with E-state index < -0.39 is 6.10 Å². The van der Waals surface area contributed by atoms with Crippen LogP contribution in [0.5, 0.6) is 5.75 Å². The topological polar surface area (TPSA) is 64.3 Å². The van der Waals surface area contributed by atoms with Crippen LogP contribution >= 0.6 is 0 Å². The maximum absolute atomic E-state index is 12.1. The van der Waals surface area contributed by atoms with Crippen molar-refractivity contribution in [3.05, 3.63) is 59.7 Å². The van der Waals surface area contributed by atoms with Crippen molar-refractivity contribution in [1.29, 1.82) is 0 Å².